The molecule has 4 aliphatic carbocycles. The van der Waals surface area contributed by atoms with Gasteiger partial charge in [0.2, 0.25) is 0 Å². The summed E-state index contributed by atoms with van der Waals surface area (Å²) in [5.74, 6) is 0.0438. The van der Waals surface area contributed by atoms with E-state index in [1.165, 1.54) is 77.4 Å². The average molecular weight is 875 g/mol. The van der Waals surface area contributed by atoms with Crippen LogP contribution >= 0.6 is 0 Å². The molecule has 0 radical (unpaired) electrons. The van der Waals surface area contributed by atoms with Crippen molar-refractivity contribution in [1.29, 1.82) is 0 Å². The van der Waals surface area contributed by atoms with Crippen LogP contribution in [0.2, 0.25) is 0 Å². The highest BCUT2D eigenvalue weighted by atomic mass is 16.5. The maximum atomic E-state index is 7.42. The Hall–Kier alpha value is -7.98. The van der Waals surface area contributed by atoms with E-state index in [0.29, 0.717) is 0 Å². The lowest BCUT2D eigenvalue weighted by Crippen LogP contribution is -2.41. The van der Waals surface area contributed by atoms with Crippen LogP contribution in [-0.2, 0) is 10.2 Å². The van der Waals surface area contributed by atoms with Gasteiger partial charge in [-0.1, -0.05) is 196 Å². The van der Waals surface area contributed by atoms with Gasteiger partial charge in [-0.3, -0.25) is 0 Å². The summed E-state index contributed by atoms with van der Waals surface area (Å²) in [6, 6.07) is 75.0. The third-order valence-corrected chi connectivity index (χ3v) is 14.9. The molecule has 0 N–H and O–H groups in total. The molecule has 8 aromatic rings. The molecule has 5 aliphatic rings. The number of para-hydroxylation sites is 3. The van der Waals surface area contributed by atoms with Crippen molar-refractivity contribution in [2.45, 2.75) is 37.9 Å². The molecule has 68 heavy (non-hydrogen) atoms. The van der Waals surface area contributed by atoms with E-state index in [2.05, 4.69) is 260 Å². The van der Waals surface area contributed by atoms with E-state index in [-0.39, 0.29) is 23.5 Å². The molecule has 326 valence electrons. The number of allylic oxidation sites excluding steroid dienone is 4. The van der Waals surface area contributed by atoms with Gasteiger partial charge in [0.15, 0.2) is 0 Å². The van der Waals surface area contributed by atoms with E-state index in [0.717, 1.165) is 34.9 Å². The third-order valence-electron chi connectivity index (χ3n) is 14.9. The Balaban J connectivity index is 0.953. The lowest BCUT2D eigenvalue weighted by atomic mass is 9.77. The standard InChI is InChI=1S/C65H50N2O/c1-65(2)58-31-17-14-29-52(58)53-37-34-47(41-59(53)65)67(61-33-19-16-27-50(61)44-22-8-4-9-23-44)46-35-38-55-57(40-46)51-28-12-13-30-54(51)63-56-39-36-48(42-62(56)68-64(55)63)66(45-24-10-5-11-25-45)60-32-18-15-26-49(60)43-20-6-3-7-21-43/h3-41,55,62,64H,42H2,1-2H3/t55-,62+,64?/m1/s1. The van der Waals surface area contributed by atoms with Gasteiger partial charge in [0.05, 0.1) is 23.6 Å². The van der Waals surface area contributed by atoms with Crippen LogP contribution in [0.1, 0.15) is 31.4 Å². The monoisotopic (exact) mass is 874 g/mol. The first-order valence-corrected chi connectivity index (χ1v) is 24.0. The summed E-state index contributed by atoms with van der Waals surface area (Å²) < 4.78 is 7.42. The molecule has 1 aliphatic heterocycles. The summed E-state index contributed by atoms with van der Waals surface area (Å²) >= 11 is 0. The van der Waals surface area contributed by atoms with E-state index >= 15 is 0 Å². The lowest BCUT2D eigenvalue weighted by Gasteiger charge is -2.35. The minimum atomic E-state index is -0.138. The quantitative estimate of drug-likeness (QED) is 0.151. The molecule has 3 heteroatoms. The van der Waals surface area contributed by atoms with Gasteiger partial charge in [0.25, 0.3) is 0 Å². The van der Waals surface area contributed by atoms with Crippen LogP contribution < -0.4 is 20.2 Å². The van der Waals surface area contributed by atoms with Crippen molar-refractivity contribution in [3.05, 3.63) is 275 Å². The maximum absolute atomic E-state index is 7.42. The van der Waals surface area contributed by atoms with Gasteiger partial charge in [-0.15, -0.1) is 0 Å². The van der Waals surface area contributed by atoms with Crippen LogP contribution in [0, 0.1) is 5.92 Å². The number of nitrogens with zero attached hydrogens (tertiary/aromatic N) is 2. The molecular formula is C65H50N2O. The van der Waals surface area contributed by atoms with E-state index in [9.17, 15) is 0 Å². The Morgan fingerprint density at radius 3 is 1.78 bits per heavy atom. The van der Waals surface area contributed by atoms with Crippen molar-refractivity contribution in [1.82, 2.24) is 0 Å². The number of fused-ring (bicyclic) bond motifs is 9. The molecule has 1 saturated heterocycles. The zero-order valence-corrected chi connectivity index (χ0v) is 38.3. The predicted octanol–water partition coefficient (Wildman–Crippen LogP) is 14.4. The van der Waals surface area contributed by atoms with Crippen LogP contribution in [-0.4, -0.2) is 12.2 Å². The second-order valence-corrected chi connectivity index (χ2v) is 19.1. The fourth-order valence-corrected chi connectivity index (χ4v) is 11.8. The average Bonchev–Trinajstić information content (AvgIpc) is 3.89. The lowest BCUT2D eigenvalue weighted by molar-refractivity contribution is 0.0557. The van der Waals surface area contributed by atoms with Gasteiger partial charge in [-0.2, -0.15) is 0 Å². The first-order valence-electron chi connectivity index (χ1n) is 24.0. The first-order chi connectivity index (χ1) is 33.5. The first kappa shape index (κ1) is 40.3. The van der Waals surface area contributed by atoms with Gasteiger partial charge >= 0.3 is 0 Å². The van der Waals surface area contributed by atoms with E-state index in [1.807, 2.05) is 0 Å². The van der Waals surface area contributed by atoms with E-state index in [4.69, 9.17) is 4.74 Å². The van der Waals surface area contributed by atoms with Crippen molar-refractivity contribution in [2.75, 3.05) is 9.80 Å². The SMILES string of the molecule is CC1(C)c2ccccc2-c2ccc(N(C3=CC4=c5ccccc5=C5C6=CC=C(N(c7ccccc7)c7ccccc7-c7ccccc7)C[C@@H]6OC5[C@@H]4C=C3)c3ccccc3-c3ccccc3)cc21. The summed E-state index contributed by atoms with van der Waals surface area (Å²) in [5, 5.41) is 2.54. The minimum Gasteiger partial charge on any atom is -0.364 e. The molecule has 0 bridgehead atoms. The van der Waals surface area contributed by atoms with Gasteiger partial charge in [0, 0.05) is 51.6 Å². The molecule has 3 nitrogen and oxygen atoms in total. The van der Waals surface area contributed by atoms with Crippen molar-refractivity contribution >= 4 is 33.9 Å². The van der Waals surface area contributed by atoms with Gasteiger partial charge in [-0.05, 0) is 115 Å². The summed E-state index contributed by atoms with van der Waals surface area (Å²) in [6.45, 7) is 4.74. The number of hydrogen-bond acceptors (Lipinski definition) is 3. The number of ether oxygens (including phenoxy) is 1. The fourth-order valence-electron chi connectivity index (χ4n) is 11.8. The number of hydrogen-bond donors (Lipinski definition) is 0. The molecule has 8 aromatic carbocycles. The molecule has 0 saturated carbocycles. The highest BCUT2D eigenvalue weighted by molar-refractivity contribution is 5.91. The molecule has 0 spiro atoms. The van der Waals surface area contributed by atoms with Crippen molar-refractivity contribution in [2.24, 2.45) is 5.92 Å². The second-order valence-electron chi connectivity index (χ2n) is 19.1. The van der Waals surface area contributed by atoms with Gasteiger partial charge < -0.3 is 14.5 Å². The Labute approximate surface area is 399 Å². The molecule has 3 atom stereocenters. The smallest absolute Gasteiger partial charge is 0.0946 e. The molecule has 13 rings (SSSR count). The largest absolute Gasteiger partial charge is 0.364 e. The molecule has 1 fully saturated rings. The van der Waals surface area contributed by atoms with E-state index < -0.39 is 0 Å². The summed E-state index contributed by atoms with van der Waals surface area (Å²) in [7, 11) is 0. The van der Waals surface area contributed by atoms with Crippen LogP contribution in [0.4, 0.5) is 22.7 Å². The normalized spacial score (nSPS) is 19.0. The van der Waals surface area contributed by atoms with Gasteiger partial charge in [-0.25, -0.2) is 0 Å². The summed E-state index contributed by atoms with van der Waals surface area (Å²) in [5.41, 5.74) is 20.8. The Morgan fingerprint density at radius 1 is 0.500 bits per heavy atom. The zero-order chi connectivity index (χ0) is 45.3. The molecule has 0 amide bonds. The fraction of sp³-hybridized carbons (Fsp3) is 0.108. The minimum absolute atomic E-state index is 0.0438. The zero-order valence-electron chi connectivity index (χ0n) is 38.3. The molecule has 1 unspecified atom stereocenters. The molecular weight excluding hydrogens is 825 g/mol. The molecule has 0 aromatic heterocycles. The van der Waals surface area contributed by atoms with E-state index in [1.54, 1.807) is 0 Å². The van der Waals surface area contributed by atoms with Crippen LogP contribution in [0.25, 0.3) is 44.5 Å². The second kappa shape index (κ2) is 16.1. The highest BCUT2D eigenvalue weighted by Gasteiger charge is 2.45. The summed E-state index contributed by atoms with van der Waals surface area (Å²) in [4.78, 5) is 4.93. The van der Waals surface area contributed by atoms with Crippen molar-refractivity contribution < 1.29 is 4.74 Å². The molecule has 1 heterocycles. The predicted molar refractivity (Wildman–Crippen MR) is 281 cm³/mol. The topological polar surface area (TPSA) is 15.7 Å². The Kier molecular flexibility index (Phi) is 9.56. The number of anilines is 4. The van der Waals surface area contributed by atoms with Crippen LogP contribution in [0.5, 0.6) is 0 Å². The van der Waals surface area contributed by atoms with Gasteiger partial charge in [0.1, 0.15) is 0 Å². The summed E-state index contributed by atoms with van der Waals surface area (Å²) in [6.07, 6.45) is 12.5. The Bertz CT molecular complexity index is 3560. The van der Waals surface area contributed by atoms with Crippen LogP contribution in [0.15, 0.2) is 254 Å². The van der Waals surface area contributed by atoms with Crippen molar-refractivity contribution in [3.63, 3.8) is 0 Å². The number of rotatable bonds is 8. The Morgan fingerprint density at radius 2 is 1.07 bits per heavy atom. The maximum Gasteiger partial charge on any atom is 0.0946 e. The highest BCUT2D eigenvalue weighted by Crippen LogP contribution is 2.52. The van der Waals surface area contributed by atoms with Crippen molar-refractivity contribution in [3.8, 4) is 33.4 Å². The third kappa shape index (κ3) is 6.45. The number of benzene rings is 8. The van der Waals surface area contributed by atoms with Crippen LogP contribution in [0.3, 0.4) is 0 Å².